The van der Waals surface area contributed by atoms with Crippen LogP contribution < -0.4 is 5.48 Å². The first-order valence-corrected chi connectivity index (χ1v) is 5.97. The van der Waals surface area contributed by atoms with Crippen LogP contribution in [0.4, 0.5) is 5.69 Å². The number of nitrogens with zero attached hydrogens (tertiary/aromatic N) is 1. The van der Waals surface area contributed by atoms with E-state index in [0.717, 1.165) is 0 Å². The van der Waals surface area contributed by atoms with Crippen molar-refractivity contribution in [1.82, 2.24) is 5.48 Å². The number of hydroxylamine groups is 1. The van der Waals surface area contributed by atoms with Crippen LogP contribution in [0.1, 0.15) is 15.9 Å². The van der Waals surface area contributed by atoms with E-state index < -0.39 is 5.97 Å². The Morgan fingerprint density at radius 3 is 2.20 bits per heavy atom. The van der Waals surface area contributed by atoms with Gasteiger partial charge in [0.15, 0.2) is 5.84 Å². The van der Waals surface area contributed by atoms with Gasteiger partial charge >= 0.3 is 5.97 Å². The Bertz CT molecular complexity index is 607. The van der Waals surface area contributed by atoms with Crippen LogP contribution in [0.3, 0.4) is 0 Å². The van der Waals surface area contributed by atoms with Gasteiger partial charge in [-0.15, -0.1) is 0 Å². The fourth-order valence-electron chi connectivity index (χ4n) is 1.67. The Labute approximate surface area is 116 Å². The number of amidine groups is 1. The van der Waals surface area contributed by atoms with Crippen LogP contribution in [0.5, 0.6) is 0 Å². The number of rotatable bonds is 3. The highest BCUT2D eigenvalue weighted by Gasteiger charge is 2.07. The van der Waals surface area contributed by atoms with Crippen molar-refractivity contribution >= 4 is 17.5 Å². The van der Waals surface area contributed by atoms with E-state index in [4.69, 9.17) is 0 Å². The largest absolute Gasteiger partial charge is 0.465 e. The Hall–Kier alpha value is -2.66. The fourth-order valence-corrected chi connectivity index (χ4v) is 1.67. The minimum Gasteiger partial charge on any atom is -0.465 e. The Kier molecular flexibility index (Phi) is 4.47. The molecule has 5 heteroatoms. The van der Waals surface area contributed by atoms with E-state index >= 15 is 0 Å². The molecule has 0 aromatic heterocycles. The highest BCUT2D eigenvalue weighted by Crippen LogP contribution is 2.13. The van der Waals surface area contributed by atoms with Crippen molar-refractivity contribution in [3.05, 3.63) is 65.7 Å². The fraction of sp³-hybridized carbons (Fsp3) is 0.0667. The average molecular weight is 270 g/mol. The van der Waals surface area contributed by atoms with E-state index in [9.17, 15) is 10.0 Å². The van der Waals surface area contributed by atoms with E-state index in [1.165, 1.54) is 7.11 Å². The highest BCUT2D eigenvalue weighted by molar-refractivity contribution is 6.00. The number of para-hydroxylation sites is 1. The molecule has 5 nitrogen and oxygen atoms in total. The summed E-state index contributed by atoms with van der Waals surface area (Å²) >= 11 is 0. The predicted molar refractivity (Wildman–Crippen MR) is 75.3 cm³/mol. The van der Waals surface area contributed by atoms with E-state index in [1.54, 1.807) is 24.3 Å². The van der Waals surface area contributed by atoms with Crippen LogP contribution in [-0.2, 0) is 4.74 Å². The molecule has 0 aliphatic heterocycles. The molecule has 0 aliphatic carbocycles. The number of benzene rings is 2. The summed E-state index contributed by atoms with van der Waals surface area (Å²) in [5, 5.41) is 9.19. The highest BCUT2D eigenvalue weighted by atomic mass is 16.5. The van der Waals surface area contributed by atoms with Crippen LogP contribution >= 0.6 is 0 Å². The van der Waals surface area contributed by atoms with Crippen LogP contribution in [0.15, 0.2) is 59.6 Å². The summed E-state index contributed by atoms with van der Waals surface area (Å²) in [7, 11) is 1.33. The quantitative estimate of drug-likeness (QED) is 0.389. The molecule has 0 saturated carbocycles. The molecule has 2 aromatic carbocycles. The van der Waals surface area contributed by atoms with Gasteiger partial charge in [0.2, 0.25) is 0 Å². The molecule has 0 saturated heterocycles. The van der Waals surface area contributed by atoms with E-state index in [0.29, 0.717) is 22.6 Å². The number of esters is 1. The Balaban J connectivity index is 2.28. The molecule has 102 valence electrons. The molecule has 0 atom stereocenters. The van der Waals surface area contributed by atoms with E-state index in [-0.39, 0.29) is 0 Å². The molecule has 0 heterocycles. The van der Waals surface area contributed by atoms with Crippen LogP contribution in [0.25, 0.3) is 0 Å². The lowest BCUT2D eigenvalue weighted by atomic mass is 10.1. The van der Waals surface area contributed by atoms with Crippen LogP contribution in [-0.4, -0.2) is 24.1 Å². The maximum atomic E-state index is 11.3. The molecule has 2 aromatic rings. The van der Waals surface area contributed by atoms with Crippen LogP contribution in [0.2, 0.25) is 0 Å². The minimum atomic E-state index is -0.407. The number of methoxy groups -OCH3 is 1. The molecule has 20 heavy (non-hydrogen) atoms. The first-order chi connectivity index (χ1) is 9.74. The maximum absolute atomic E-state index is 11.3. The molecular weight excluding hydrogens is 256 g/mol. The standard InChI is InChI=1S/C15H14N2O3/c1-20-15(18)12-9-7-11(8-10-12)14(17-19)16-13-5-3-2-4-6-13/h2-10,19H,1H3,(H,16,17). The maximum Gasteiger partial charge on any atom is 0.337 e. The Morgan fingerprint density at radius 2 is 1.65 bits per heavy atom. The third-order valence-electron chi connectivity index (χ3n) is 2.68. The monoisotopic (exact) mass is 270 g/mol. The number of hydrogen-bond donors (Lipinski definition) is 2. The lowest BCUT2D eigenvalue weighted by Gasteiger charge is -2.06. The third-order valence-corrected chi connectivity index (χ3v) is 2.68. The molecule has 0 radical (unpaired) electrons. The number of aliphatic imine (C=N–C) groups is 1. The van der Waals surface area contributed by atoms with Gasteiger partial charge in [-0.1, -0.05) is 30.3 Å². The van der Waals surface area contributed by atoms with Gasteiger partial charge in [-0.3, -0.25) is 10.7 Å². The molecular formula is C15H14N2O3. The zero-order chi connectivity index (χ0) is 14.4. The molecule has 0 unspecified atom stereocenters. The SMILES string of the molecule is COC(=O)c1ccc(C(=Nc2ccccc2)NO)cc1. The minimum absolute atomic E-state index is 0.299. The van der Waals surface area contributed by atoms with Gasteiger partial charge in [-0.25, -0.2) is 9.79 Å². The Morgan fingerprint density at radius 1 is 1.05 bits per heavy atom. The smallest absolute Gasteiger partial charge is 0.337 e. The molecule has 0 bridgehead atoms. The van der Waals surface area contributed by atoms with Gasteiger partial charge in [0.25, 0.3) is 0 Å². The molecule has 0 aliphatic rings. The van der Waals surface area contributed by atoms with Crippen molar-refractivity contribution in [2.75, 3.05) is 7.11 Å². The van der Waals surface area contributed by atoms with E-state index in [1.807, 2.05) is 30.3 Å². The van der Waals surface area contributed by atoms with Crippen molar-refractivity contribution in [3.63, 3.8) is 0 Å². The summed E-state index contributed by atoms with van der Waals surface area (Å²) in [6.07, 6.45) is 0. The molecule has 0 fully saturated rings. The topological polar surface area (TPSA) is 70.9 Å². The molecule has 2 rings (SSSR count). The number of carbonyl (C=O) groups is 1. The first-order valence-electron chi connectivity index (χ1n) is 5.97. The third kappa shape index (κ3) is 3.21. The van der Waals surface area contributed by atoms with Crippen molar-refractivity contribution in [2.24, 2.45) is 4.99 Å². The van der Waals surface area contributed by atoms with Gasteiger partial charge in [0, 0.05) is 5.56 Å². The molecule has 2 N–H and O–H groups in total. The first kappa shape index (κ1) is 13.8. The normalized spacial score (nSPS) is 11.0. The average Bonchev–Trinajstić information content (AvgIpc) is 2.53. The molecule has 0 amide bonds. The number of hydrogen-bond acceptors (Lipinski definition) is 4. The number of carbonyl (C=O) groups excluding carboxylic acids is 1. The lowest BCUT2D eigenvalue weighted by molar-refractivity contribution is 0.0600. The van der Waals surface area contributed by atoms with Crippen molar-refractivity contribution in [2.45, 2.75) is 0 Å². The summed E-state index contributed by atoms with van der Waals surface area (Å²) in [6.45, 7) is 0. The second kappa shape index (κ2) is 6.49. The summed E-state index contributed by atoms with van der Waals surface area (Å²) in [4.78, 5) is 15.6. The van der Waals surface area contributed by atoms with Crippen molar-refractivity contribution in [1.29, 1.82) is 0 Å². The summed E-state index contributed by atoms with van der Waals surface area (Å²) in [6, 6.07) is 15.8. The zero-order valence-corrected chi connectivity index (χ0v) is 10.9. The number of ether oxygens (including phenoxy) is 1. The van der Waals surface area contributed by atoms with Gasteiger partial charge < -0.3 is 4.74 Å². The second-order valence-corrected chi connectivity index (χ2v) is 3.98. The van der Waals surface area contributed by atoms with Crippen molar-refractivity contribution < 1.29 is 14.7 Å². The number of nitrogens with one attached hydrogen (secondary N) is 1. The summed E-state index contributed by atoms with van der Waals surface area (Å²) < 4.78 is 4.62. The summed E-state index contributed by atoms with van der Waals surface area (Å²) in [5.41, 5.74) is 3.87. The zero-order valence-electron chi connectivity index (χ0n) is 10.9. The van der Waals surface area contributed by atoms with Crippen molar-refractivity contribution in [3.8, 4) is 0 Å². The second-order valence-electron chi connectivity index (χ2n) is 3.98. The molecule has 0 spiro atoms. The van der Waals surface area contributed by atoms with Gasteiger partial charge in [0.05, 0.1) is 18.4 Å². The van der Waals surface area contributed by atoms with Gasteiger partial charge in [-0.2, -0.15) is 0 Å². The predicted octanol–water partition coefficient (Wildman–Crippen LogP) is 2.53. The lowest BCUT2D eigenvalue weighted by Crippen LogP contribution is -2.20. The van der Waals surface area contributed by atoms with Gasteiger partial charge in [0.1, 0.15) is 0 Å². The van der Waals surface area contributed by atoms with Crippen LogP contribution in [0, 0.1) is 0 Å². The van der Waals surface area contributed by atoms with Gasteiger partial charge in [-0.05, 0) is 24.3 Å². The summed E-state index contributed by atoms with van der Waals surface area (Å²) in [5.74, 6) is -0.109. The van der Waals surface area contributed by atoms with E-state index in [2.05, 4.69) is 15.2 Å².